The molecule has 0 N–H and O–H groups in total. The molecule has 12 heavy (non-hydrogen) atoms. The standard InChI is InChI=1S/2C3H9P.CClO.Ir/c2*1-4(2)3;2-1-3;/h2*1-3H3;;/q;;;-2/p+2. The molecular weight excluding hydrogens is 390 g/mol. The Morgan fingerprint density at radius 2 is 1.25 bits per heavy atom. The fourth-order valence-corrected chi connectivity index (χ4v) is 74.2. The van der Waals surface area contributed by atoms with E-state index in [9.17, 15) is 4.79 Å². The van der Waals surface area contributed by atoms with Gasteiger partial charge < -0.3 is 0 Å². The third kappa shape index (κ3) is 4.12. The van der Waals surface area contributed by atoms with Gasteiger partial charge in [0.1, 0.15) is 0 Å². The van der Waals surface area contributed by atoms with Crippen molar-refractivity contribution in [3.8, 4) is 0 Å². The molecule has 0 rings (SSSR count). The zero-order valence-corrected chi connectivity index (χ0v) is 13.8. The minimum atomic E-state index is -1.57. The van der Waals surface area contributed by atoms with E-state index < -0.39 is 26.5 Å². The maximum atomic E-state index is 11.3. The quantitative estimate of drug-likeness (QED) is 0.517. The molecule has 5 heteroatoms. The first-order chi connectivity index (χ1) is 5.07. The second-order valence-electron chi connectivity index (χ2n) is 4.46. The third-order valence-corrected chi connectivity index (χ3v) is 55.4. The Kier molecular flexibility index (Phi) is 4.86. The van der Waals surface area contributed by atoms with E-state index in [0.717, 1.165) is 0 Å². The molecule has 0 aliphatic rings. The summed E-state index contributed by atoms with van der Waals surface area (Å²) in [6, 6.07) is 0. The Bertz CT molecular complexity index is 169. The summed E-state index contributed by atoms with van der Waals surface area (Å²) in [4.78, 5) is 11.3. The molecule has 0 bridgehead atoms. The van der Waals surface area contributed by atoms with Crippen molar-refractivity contribution in [3.63, 3.8) is 0 Å². The first kappa shape index (κ1) is 13.5. The van der Waals surface area contributed by atoms with E-state index in [0.29, 0.717) is 0 Å². The summed E-state index contributed by atoms with van der Waals surface area (Å²) in [7, 11) is 0. The van der Waals surface area contributed by atoms with Gasteiger partial charge in [-0.2, -0.15) is 0 Å². The van der Waals surface area contributed by atoms with E-state index in [1.54, 1.807) is 0 Å². The van der Waals surface area contributed by atoms with Gasteiger partial charge in [-0.25, -0.2) is 0 Å². The van der Waals surface area contributed by atoms with Crippen LogP contribution in [0.3, 0.4) is 0 Å². The van der Waals surface area contributed by atoms with Crippen LogP contribution in [-0.4, -0.2) is 43.7 Å². The van der Waals surface area contributed by atoms with Crippen molar-refractivity contribution in [2.24, 2.45) is 0 Å². The summed E-state index contributed by atoms with van der Waals surface area (Å²) < 4.78 is 0.0633. The van der Waals surface area contributed by atoms with Crippen LogP contribution in [0.25, 0.3) is 0 Å². The average Bonchev–Trinajstić information content (AvgIpc) is 1.49. The van der Waals surface area contributed by atoms with Crippen molar-refractivity contribution >= 4 is 26.4 Å². The van der Waals surface area contributed by atoms with E-state index >= 15 is 0 Å². The number of halogens is 1. The number of hydrogen-bond acceptors (Lipinski definition) is 1. The van der Waals surface area contributed by atoms with Crippen LogP contribution in [-0.2, 0) is 15.5 Å². The summed E-state index contributed by atoms with van der Waals surface area (Å²) in [5.74, 6) is 0. The predicted molar refractivity (Wildman–Crippen MR) is 63.4 cm³/mol. The van der Waals surface area contributed by atoms with Gasteiger partial charge in [0, 0.05) is 0 Å². The van der Waals surface area contributed by atoms with Gasteiger partial charge in [0.15, 0.2) is 0 Å². The van der Waals surface area contributed by atoms with Gasteiger partial charge in [-0.05, 0) is 0 Å². The second kappa shape index (κ2) is 4.33. The van der Waals surface area contributed by atoms with Gasteiger partial charge in [0.2, 0.25) is 0 Å². The Balaban J connectivity index is 4.82. The number of hydrogen-bond donors (Lipinski definition) is 0. The summed E-state index contributed by atoms with van der Waals surface area (Å²) in [5, 5.41) is 0. The molecule has 0 atom stereocenters. The van der Waals surface area contributed by atoms with Crippen LogP contribution in [0.5, 0.6) is 0 Å². The fraction of sp³-hybridized carbons (Fsp3) is 0.857. The molecule has 0 spiro atoms. The summed E-state index contributed by atoms with van der Waals surface area (Å²) in [6.07, 6.45) is 0. The first-order valence-electron chi connectivity index (χ1n) is 3.89. The van der Waals surface area contributed by atoms with Crippen LogP contribution in [0.4, 0.5) is 4.79 Å². The van der Waals surface area contributed by atoms with Crippen molar-refractivity contribution < 1.29 is 20.3 Å². The first-order valence-corrected chi connectivity index (χ1v) is 19.3. The molecular formula is C7H20ClIrOP2. The SMILES string of the molecule is C[PH](C)(C)[Ir]([C](=O)Cl)[PH](C)(C)C. The van der Waals surface area contributed by atoms with E-state index in [4.69, 9.17) is 11.6 Å². The Morgan fingerprint density at radius 3 is 1.25 bits per heavy atom. The monoisotopic (exact) mass is 410 g/mol. The summed E-state index contributed by atoms with van der Waals surface area (Å²) in [6.45, 7) is 13.8. The van der Waals surface area contributed by atoms with Crippen LogP contribution in [0.2, 0.25) is 0 Å². The summed E-state index contributed by atoms with van der Waals surface area (Å²) in [5.41, 5.74) is -2.48. The number of carbonyl (C=O) groups is 1. The Hall–Kier alpha value is 1.47. The molecule has 0 fully saturated rings. The van der Waals surface area contributed by atoms with Crippen molar-refractivity contribution in [2.45, 2.75) is 0 Å². The van der Waals surface area contributed by atoms with E-state index in [-0.39, 0.29) is 3.76 Å². The molecule has 0 saturated heterocycles. The molecule has 0 saturated carbocycles. The molecule has 0 aromatic heterocycles. The third-order valence-electron chi connectivity index (χ3n) is 1.13. The van der Waals surface area contributed by atoms with Crippen LogP contribution < -0.4 is 0 Å². The van der Waals surface area contributed by atoms with Gasteiger partial charge >= 0.3 is 86.6 Å². The van der Waals surface area contributed by atoms with Crippen molar-refractivity contribution in [3.05, 3.63) is 0 Å². The van der Waals surface area contributed by atoms with Crippen LogP contribution in [0, 0.1) is 0 Å². The normalized spacial score (nSPS) is 17.1. The zero-order chi connectivity index (χ0) is 10.2. The molecule has 0 aliphatic carbocycles. The van der Waals surface area contributed by atoms with Gasteiger partial charge in [-0.1, -0.05) is 0 Å². The Labute approximate surface area is 86.4 Å². The molecule has 0 radical (unpaired) electrons. The average molecular weight is 410 g/mol. The van der Waals surface area contributed by atoms with Gasteiger partial charge in [-0.15, -0.1) is 0 Å². The van der Waals surface area contributed by atoms with Crippen LogP contribution in [0.15, 0.2) is 0 Å². The number of carbonyl (C=O) groups excluding carboxylic acids is 1. The molecule has 80 valence electrons. The summed E-state index contributed by atoms with van der Waals surface area (Å²) >= 11 is 4.15. The Morgan fingerprint density at radius 1 is 1.00 bits per heavy atom. The van der Waals surface area contributed by atoms with Crippen molar-refractivity contribution in [1.82, 2.24) is 0 Å². The maximum absolute atomic E-state index is 11.3. The van der Waals surface area contributed by atoms with Gasteiger partial charge in [0.25, 0.3) is 0 Å². The second-order valence-corrected chi connectivity index (χ2v) is 46.1. The van der Waals surface area contributed by atoms with Crippen molar-refractivity contribution in [2.75, 3.05) is 40.0 Å². The topological polar surface area (TPSA) is 17.1 Å². The predicted octanol–water partition coefficient (Wildman–Crippen LogP) is 3.07. The van der Waals surface area contributed by atoms with Gasteiger partial charge in [-0.3, -0.25) is 0 Å². The molecule has 0 unspecified atom stereocenters. The fourth-order valence-electron chi connectivity index (χ4n) is 1.14. The zero-order valence-electron chi connectivity index (χ0n) is 8.62. The molecule has 0 aromatic rings. The van der Waals surface area contributed by atoms with Crippen LogP contribution in [0.1, 0.15) is 0 Å². The molecule has 0 aliphatic heterocycles. The molecule has 1 nitrogen and oxygen atoms in total. The van der Waals surface area contributed by atoms with E-state index in [1.807, 2.05) is 0 Å². The number of rotatable bonds is 3. The van der Waals surface area contributed by atoms with E-state index in [1.165, 1.54) is 0 Å². The van der Waals surface area contributed by atoms with E-state index in [2.05, 4.69) is 40.0 Å². The molecule has 0 amide bonds. The molecule has 0 heterocycles. The minimum absolute atomic E-state index is 0.0633. The van der Waals surface area contributed by atoms with Crippen LogP contribution >= 0.6 is 22.6 Å². The molecule has 0 aromatic carbocycles. The van der Waals surface area contributed by atoms with Gasteiger partial charge in [0.05, 0.1) is 0 Å². The van der Waals surface area contributed by atoms with Crippen molar-refractivity contribution in [1.29, 1.82) is 0 Å².